The fraction of sp³-hybridized carbons (Fsp3) is 0.750. The first-order chi connectivity index (χ1) is 8.89. The molecule has 0 fully saturated rings. The number of rotatable bonds is 7. The molecule has 7 heteroatoms. The van der Waals surface area contributed by atoms with Crippen molar-refractivity contribution in [3.05, 3.63) is 12.3 Å². The normalized spacial score (nSPS) is 13.2. The Morgan fingerprint density at radius 2 is 1.95 bits per heavy atom. The van der Waals surface area contributed by atoms with Crippen LogP contribution in [0.4, 0.5) is 0 Å². The lowest BCUT2D eigenvalue weighted by molar-refractivity contribution is 0.183. The third-order valence-electron chi connectivity index (χ3n) is 3.84. The van der Waals surface area contributed by atoms with Crippen LogP contribution in [0.15, 0.2) is 17.3 Å². The van der Waals surface area contributed by atoms with Crippen LogP contribution in [-0.4, -0.2) is 41.1 Å². The van der Waals surface area contributed by atoms with Gasteiger partial charge >= 0.3 is 0 Å². The van der Waals surface area contributed by atoms with E-state index in [1.54, 1.807) is 7.05 Å². The molecule has 0 aliphatic heterocycles. The first kappa shape index (κ1) is 16.1. The second-order valence-corrected chi connectivity index (χ2v) is 6.41. The standard InChI is InChI=1S/C12H24N4O2S/c1-5-12(6-2,10-13)16(7-3)19(17,18)11-8-9-14-15(11)4/h8-9H,5-7,10,13H2,1-4H3. The van der Waals surface area contributed by atoms with Crippen LogP contribution in [0, 0.1) is 0 Å². The Morgan fingerprint density at radius 3 is 2.26 bits per heavy atom. The lowest BCUT2D eigenvalue weighted by Crippen LogP contribution is -2.55. The van der Waals surface area contributed by atoms with E-state index in [4.69, 9.17) is 5.73 Å². The third kappa shape index (κ3) is 2.68. The fourth-order valence-electron chi connectivity index (χ4n) is 2.48. The molecule has 0 aliphatic carbocycles. The van der Waals surface area contributed by atoms with Crippen molar-refractivity contribution in [2.45, 2.75) is 44.2 Å². The summed E-state index contributed by atoms with van der Waals surface area (Å²) in [5.74, 6) is 0. The van der Waals surface area contributed by atoms with Gasteiger partial charge in [-0.05, 0) is 18.9 Å². The van der Waals surface area contributed by atoms with E-state index in [0.29, 0.717) is 25.9 Å². The van der Waals surface area contributed by atoms with E-state index in [2.05, 4.69) is 5.10 Å². The minimum Gasteiger partial charge on any atom is -0.329 e. The van der Waals surface area contributed by atoms with Crippen molar-refractivity contribution < 1.29 is 8.42 Å². The molecule has 19 heavy (non-hydrogen) atoms. The lowest BCUT2D eigenvalue weighted by Gasteiger charge is -2.40. The molecule has 1 aromatic rings. The molecule has 1 heterocycles. The van der Waals surface area contributed by atoms with Crippen molar-refractivity contribution >= 4 is 10.0 Å². The van der Waals surface area contributed by atoms with Crippen LogP contribution in [-0.2, 0) is 17.1 Å². The number of sulfonamides is 1. The summed E-state index contributed by atoms with van der Waals surface area (Å²) in [6.07, 6.45) is 2.86. The van der Waals surface area contributed by atoms with E-state index in [1.807, 2.05) is 20.8 Å². The van der Waals surface area contributed by atoms with Crippen molar-refractivity contribution in [3.8, 4) is 0 Å². The topological polar surface area (TPSA) is 81.2 Å². The Labute approximate surface area is 115 Å². The maximum atomic E-state index is 12.8. The molecule has 0 aromatic carbocycles. The van der Waals surface area contributed by atoms with Crippen molar-refractivity contribution in [3.63, 3.8) is 0 Å². The van der Waals surface area contributed by atoms with Gasteiger partial charge in [0, 0.05) is 25.7 Å². The van der Waals surface area contributed by atoms with Gasteiger partial charge in [-0.3, -0.25) is 4.68 Å². The van der Waals surface area contributed by atoms with Crippen LogP contribution >= 0.6 is 0 Å². The summed E-state index contributed by atoms with van der Waals surface area (Å²) in [5, 5.41) is 4.14. The molecule has 0 saturated heterocycles. The lowest BCUT2D eigenvalue weighted by atomic mass is 9.93. The van der Waals surface area contributed by atoms with Crippen molar-refractivity contribution in [2.24, 2.45) is 12.8 Å². The van der Waals surface area contributed by atoms with Crippen LogP contribution < -0.4 is 5.73 Å². The van der Waals surface area contributed by atoms with Gasteiger partial charge in [-0.2, -0.15) is 9.40 Å². The molecule has 0 bridgehead atoms. The molecule has 0 aliphatic rings. The highest BCUT2D eigenvalue weighted by Gasteiger charge is 2.40. The number of hydrogen-bond acceptors (Lipinski definition) is 4. The predicted octanol–water partition coefficient (Wildman–Crippen LogP) is 0.948. The molecular weight excluding hydrogens is 264 g/mol. The largest absolute Gasteiger partial charge is 0.329 e. The summed E-state index contributed by atoms with van der Waals surface area (Å²) in [7, 11) is -1.95. The van der Waals surface area contributed by atoms with E-state index in [1.165, 1.54) is 21.3 Å². The summed E-state index contributed by atoms with van der Waals surface area (Å²) >= 11 is 0. The summed E-state index contributed by atoms with van der Waals surface area (Å²) in [5.41, 5.74) is 5.33. The molecule has 0 unspecified atom stereocenters. The molecule has 110 valence electrons. The monoisotopic (exact) mass is 288 g/mol. The molecule has 2 N–H and O–H groups in total. The SMILES string of the molecule is CCN(C(CC)(CC)CN)S(=O)(=O)c1ccnn1C. The van der Waals surface area contributed by atoms with Gasteiger partial charge in [0.1, 0.15) is 0 Å². The first-order valence-corrected chi connectivity index (χ1v) is 8.04. The van der Waals surface area contributed by atoms with E-state index >= 15 is 0 Å². The van der Waals surface area contributed by atoms with E-state index in [0.717, 1.165) is 0 Å². The van der Waals surface area contributed by atoms with Crippen LogP contribution in [0.5, 0.6) is 0 Å². The number of likely N-dealkylation sites (N-methyl/N-ethyl adjacent to an activating group) is 1. The summed E-state index contributed by atoms with van der Waals surface area (Å²) in [6, 6.07) is 1.52. The molecule has 0 spiro atoms. The highest BCUT2D eigenvalue weighted by atomic mass is 32.2. The van der Waals surface area contributed by atoms with Gasteiger partial charge < -0.3 is 5.73 Å². The fourth-order valence-corrected chi connectivity index (χ4v) is 4.50. The molecule has 0 saturated carbocycles. The Bertz CT molecular complexity index is 497. The van der Waals surface area contributed by atoms with E-state index in [-0.39, 0.29) is 5.03 Å². The quantitative estimate of drug-likeness (QED) is 0.810. The number of nitrogens with two attached hydrogens (primary N) is 1. The Kier molecular flexibility index (Phi) is 5.11. The molecule has 0 amide bonds. The molecule has 0 atom stereocenters. The predicted molar refractivity (Wildman–Crippen MR) is 75.1 cm³/mol. The molecule has 1 rings (SSSR count). The van der Waals surface area contributed by atoms with E-state index in [9.17, 15) is 8.42 Å². The van der Waals surface area contributed by atoms with Crippen molar-refractivity contribution in [1.82, 2.24) is 14.1 Å². The maximum Gasteiger partial charge on any atom is 0.260 e. The van der Waals surface area contributed by atoms with Gasteiger partial charge in [0.15, 0.2) is 5.03 Å². The average molecular weight is 288 g/mol. The zero-order valence-corrected chi connectivity index (χ0v) is 12.9. The number of hydrogen-bond donors (Lipinski definition) is 1. The van der Waals surface area contributed by atoms with E-state index < -0.39 is 15.6 Å². The van der Waals surface area contributed by atoms with Gasteiger partial charge in [-0.15, -0.1) is 0 Å². The molecule has 6 nitrogen and oxygen atoms in total. The number of aromatic nitrogens is 2. The van der Waals surface area contributed by atoms with Gasteiger partial charge in [0.25, 0.3) is 10.0 Å². The van der Waals surface area contributed by atoms with Gasteiger partial charge in [-0.25, -0.2) is 8.42 Å². The maximum absolute atomic E-state index is 12.8. The van der Waals surface area contributed by atoms with Crippen LogP contribution in [0.2, 0.25) is 0 Å². The Balaban J connectivity index is 3.34. The minimum atomic E-state index is -3.58. The van der Waals surface area contributed by atoms with Crippen molar-refractivity contribution in [2.75, 3.05) is 13.1 Å². The molecule has 1 aromatic heterocycles. The average Bonchev–Trinajstić information content (AvgIpc) is 2.83. The minimum absolute atomic E-state index is 0.203. The second-order valence-electron chi connectivity index (χ2n) is 4.60. The first-order valence-electron chi connectivity index (χ1n) is 6.60. The highest BCUT2D eigenvalue weighted by molar-refractivity contribution is 7.89. The van der Waals surface area contributed by atoms with Crippen LogP contribution in [0.3, 0.4) is 0 Å². The Morgan fingerprint density at radius 1 is 1.37 bits per heavy atom. The second kappa shape index (κ2) is 6.02. The zero-order chi connectivity index (χ0) is 14.7. The summed E-state index contributed by atoms with van der Waals surface area (Å²) in [4.78, 5) is 0. The van der Waals surface area contributed by atoms with Gasteiger partial charge in [-0.1, -0.05) is 20.8 Å². The Hall–Kier alpha value is -0.920. The van der Waals surface area contributed by atoms with Gasteiger partial charge in [0.05, 0.1) is 6.20 Å². The summed E-state index contributed by atoms with van der Waals surface area (Å²) < 4.78 is 28.4. The summed E-state index contributed by atoms with van der Waals surface area (Å²) in [6.45, 7) is 6.48. The van der Waals surface area contributed by atoms with Gasteiger partial charge in [0.2, 0.25) is 0 Å². The van der Waals surface area contributed by atoms with Crippen LogP contribution in [0.25, 0.3) is 0 Å². The third-order valence-corrected chi connectivity index (χ3v) is 6.00. The number of aryl methyl sites for hydroxylation is 1. The number of nitrogens with zero attached hydrogens (tertiary/aromatic N) is 3. The smallest absolute Gasteiger partial charge is 0.260 e. The van der Waals surface area contributed by atoms with Crippen LogP contribution in [0.1, 0.15) is 33.6 Å². The molecular formula is C12H24N4O2S. The zero-order valence-electron chi connectivity index (χ0n) is 12.1. The van der Waals surface area contributed by atoms with Crippen molar-refractivity contribution in [1.29, 1.82) is 0 Å². The molecule has 0 radical (unpaired) electrons. The highest BCUT2D eigenvalue weighted by Crippen LogP contribution is 2.29.